The summed E-state index contributed by atoms with van der Waals surface area (Å²) in [6.45, 7) is 3.71. The second-order valence-corrected chi connectivity index (χ2v) is 6.47. The van der Waals surface area contributed by atoms with E-state index in [1.54, 1.807) is 12.1 Å². The number of nitrogens with one attached hydrogen (secondary N) is 1. The van der Waals surface area contributed by atoms with Gasteiger partial charge in [-0.15, -0.1) is 0 Å². The van der Waals surface area contributed by atoms with Crippen LogP contribution < -0.4 is 5.32 Å². The zero-order chi connectivity index (χ0) is 18.2. The third kappa shape index (κ3) is 4.81. The molecule has 1 amide bonds. The highest BCUT2D eigenvalue weighted by Gasteiger charge is 2.14. The summed E-state index contributed by atoms with van der Waals surface area (Å²) in [5.74, 6) is -0.123. The van der Waals surface area contributed by atoms with Gasteiger partial charge in [-0.25, -0.2) is 0 Å². The predicted molar refractivity (Wildman–Crippen MR) is 103 cm³/mol. The van der Waals surface area contributed by atoms with Gasteiger partial charge >= 0.3 is 0 Å². The highest BCUT2D eigenvalue weighted by Crippen LogP contribution is 2.18. The fraction of sp³-hybridized carbons (Fsp3) is 0.273. The number of benzene rings is 2. The first kappa shape index (κ1) is 17.9. The van der Waals surface area contributed by atoms with Crippen molar-refractivity contribution >= 4 is 12.0 Å². The molecule has 0 aromatic heterocycles. The lowest BCUT2D eigenvalue weighted by Gasteiger charge is -2.28. The van der Waals surface area contributed by atoms with Gasteiger partial charge in [0.1, 0.15) is 0 Å². The van der Waals surface area contributed by atoms with E-state index >= 15 is 0 Å². The van der Waals surface area contributed by atoms with Crippen molar-refractivity contribution in [2.75, 3.05) is 19.6 Å². The lowest BCUT2D eigenvalue weighted by Crippen LogP contribution is -2.33. The summed E-state index contributed by atoms with van der Waals surface area (Å²) in [4.78, 5) is 14.4. The van der Waals surface area contributed by atoms with Gasteiger partial charge in [0.15, 0.2) is 0 Å². The molecule has 26 heavy (non-hydrogen) atoms. The molecular weight excluding hydrogens is 322 g/mol. The van der Waals surface area contributed by atoms with E-state index in [-0.39, 0.29) is 5.91 Å². The quantitative estimate of drug-likeness (QED) is 0.646. The molecule has 1 N–H and O–H groups in total. The van der Waals surface area contributed by atoms with Crippen molar-refractivity contribution in [3.05, 3.63) is 76.9 Å². The molecule has 4 heteroatoms. The van der Waals surface area contributed by atoms with Crippen LogP contribution in [0.25, 0.3) is 6.08 Å². The topological polar surface area (TPSA) is 56.1 Å². The minimum Gasteiger partial charge on any atom is -0.353 e. The number of amides is 1. The van der Waals surface area contributed by atoms with Crippen molar-refractivity contribution in [3.63, 3.8) is 0 Å². The van der Waals surface area contributed by atoms with E-state index in [1.807, 2.05) is 18.2 Å². The number of rotatable bonds is 6. The largest absolute Gasteiger partial charge is 0.353 e. The Bertz CT molecular complexity index is 835. The molecular formula is C22H23N3O. The highest BCUT2D eigenvalue weighted by atomic mass is 16.1. The molecule has 4 nitrogen and oxygen atoms in total. The maximum Gasteiger partial charge on any atom is 0.244 e. The smallest absolute Gasteiger partial charge is 0.244 e. The summed E-state index contributed by atoms with van der Waals surface area (Å²) in [6, 6.07) is 18.0. The van der Waals surface area contributed by atoms with Crippen molar-refractivity contribution in [3.8, 4) is 6.07 Å². The SMILES string of the molecule is N#Cc1ccccc1/C=C/C(=O)NCCCN1CCc2ccccc2C1. The van der Waals surface area contributed by atoms with Crippen LogP contribution in [0, 0.1) is 11.3 Å². The minimum absolute atomic E-state index is 0.123. The van der Waals surface area contributed by atoms with Gasteiger partial charge in [0, 0.05) is 32.3 Å². The lowest BCUT2D eigenvalue weighted by atomic mass is 10.00. The van der Waals surface area contributed by atoms with Gasteiger partial charge in [0.05, 0.1) is 11.6 Å². The van der Waals surface area contributed by atoms with Crippen LogP contribution in [-0.4, -0.2) is 30.4 Å². The second kappa shape index (κ2) is 8.98. The maximum absolute atomic E-state index is 11.9. The Kier molecular flexibility index (Phi) is 6.19. The van der Waals surface area contributed by atoms with Crippen molar-refractivity contribution in [1.29, 1.82) is 5.26 Å². The van der Waals surface area contributed by atoms with Gasteiger partial charge in [-0.1, -0.05) is 42.5 Å². The van der Waals surface area contributed by atoms with Crippen LogP contribution >= 0.6 is 0 Å². The van der Waals surface area contributed by atoms with Crippen LogP contribution in [0.2, 0.25) is 0 Å². The molecule has 132 valence electrons. The Balaban J connectivity index is 1.39. The summed E-state index contributed by atoms with van der Waals surface area (Å²) in [5.41, 5.74) is 4.21. The zero-order valence-corrected chi connectivity index (χ0v) is 14.8. The van der Waals surface area contributed by atoms with Gasteiger partial charge in [-0.2, -0.15) is 5.26 Å². The number of carbonyl (C=O) groups excluding carboxylic acids is 1. The number of nitrogens with zero attached hydrogens (tertiary/aromatic N) is 2. The standard InChI is InChI=1S/C22H23N3O/c23-16-20-8-3-1-6-18(20)10-11-22(26)24-13-5-14-25-15-12-19-7-2-4-9-21(19)17-25/h1-4,6-11H,5,12-15,17H2,(H,24,26)/b11-10+. The first-order valence-electron chi connectivity index (χ1n) is 9.00. The molecule has 3 rings (SSSR count). The van der Waals surface area contributed by atoms with E-state index < -0.39 is 0 Å². The Morgan fingerprint density at radius 1 is 1.15 bits per heavy atom. The molecule has 0 unspecified atom stereocenters. The van der Waals surface area contributed by atoms with Crippen molar-refractivity contribution in [2.24, 2.45) is 0 Å². The van der Waals surface area contributed by atoms with Gasteiger partial charge < -0.3 is 5.32 Å². The second-order valence-electron chi connectivity index (χ2n) is 6.47. The van der Waals surface area contributed by atoms with Gasteiger partial charge in [0.25, 0.3) is 0 Å². The van der Waals surface area contributed by atoms with Crippen molar-refractivity contribution < 1.29 is 4.79 Å². The van der Waals surface area contributed by atoms with Crippen LogP contribution in [0.15, 0.2) is 54.6 Å². The number of fused-ring (bicyclic) bond motifs is 1. The highest BCUT2D eigenvalue weighted by molar-refractivity contribution is 5.92. The number of hydrogen-bond donors (Lipinski definition) is 1. The summed E-state index contributed by atoms with van der Waals surface area (Å²) >= 11 is 0. The summed E-state index contributed by atoms with van der Waals surface area (Å²) in [6.07, 6.45) is 5.21. The van der Waals surface area contributed by atoms with E-state index in [1.165, 1.54) is 17.2 Å². The Morgan fingerprint density at radius 3 is 2.77 bits per heavy atom. The fourth-order valence-electron chi connectivity index (χ4n) is 3.23. The van der Waals surface area contributed by atoms with E-state index in [0.29, 0.717) is 12.1 Å². The molecule has 0 fully saturated rings. The third-order valence-electron chi connectivity index (χ3n) is 4.66. The molecule has 0 saturated heterocycles. The first-order valence-corrected chi connectivity index (χ1v) is 9.00. The number of carbonyl (C=O) groups is 1. The summed E-state index contributed by atoms with van der Waals surface area (Å²) < 4.78 is 0. The van der Waals surface area contributed by atoms with E-state index in [0.717, 1.165) is 38.0 Å². The molecule has 0 atom stereocenters. The van der Waals surface area contributed by atoms with Crippen LogP contribution in [0.4, 0.5) is 0 Å². The van der Waals surface area contributed by atoms with E-state index in [4.69, 9.17) is 5.26 Å². The molecule has 0 bridgehead atoms. The van der Waals surface area contributed by atoms with E-state index in [9.17, 15) is 4.79 Å². The molecule has 1 aliphatic heterocycles. The molecule has 0 aliphatic carbocycles. The van der Waals surface area contributed by atoms with E-state index in [2.05, 4.69) is 40.6 Å². The molecule has 1 aliphatic rings. The zero-order valence-electron chi connectivity index (χ0n) is 14.8. The molecule has 2 aromatic carbocycles. The Morgan fingerprint density at radius 2 is 1.92 bits per heavy atom. The summed E-state index contributed by atoms with van der Waals surface area (Å²) in [7, 11) is 0. The molecule has 1 heterocycles. The predicted octanol–water partition coefficient (Wildman–Crippen LogP) is 3.14. The molecule has 0 saturated carbocycles. The van der Waals surface area contributed by atoms with Gasteiger partial charge in [0.2, 0.25) is 5.91 Å². The van der Waals surface area contributed by atoms with Crippen LogP contribution in [0.1, 0.15) is 28.7 Å². The van der Waals surface area contributed by atoms with Crippen LogP contribution in [-0.2, 0) is 17.8 Å². The number of nitriles is 1. The molecule has 0 radical (unpaired) electrons. The Labute approximate surface area is 154 Å². The van der Waals surface area contributed by atoms with Crippen molar-refractivity contribution in [1.82, 2.24) is 10.2 Å². The lowest BCUT2D eigenvalue weighted by molar-refractivity contribution is -0.116. The third-order valence-corrected chi connectivity index (χ3v) is 4.66. The normalized spacial score (nSPS) is 14.0. The average Bonchev–Trinajstić information content (AvgIpc) is 2.69. The Hall–Kier alpha value is -2.90. The van der Waals surface area contributed by atoms with Gasteiger partial charge in [-0.05, 0) is 41.7 Å². The fourth-order valence-corrected chi connectivity index (χ4v) is 3.23. The van der Waals surface area contributed by atoms with Crippen LogP contribution in [0.3, 0.4) is 0 Å². The monoisotopic (exact) mass is 345 g/mol. The van der Waals surface area contributed by atoms with Gasteiger partial charge in [-0.3, -0.25) is 9.69 Å². The van der Waals surface area contributed by atoms with Crippen molar-refractivity contribution in [2.45, 2.75) is 19.4 Å². The average molecular weight is 345 g/mol. The molecule has 0 spiro atoms. The summed E-state index contributed by atoms with van der Waals surface area (Å²) in [5, 5.41) is 12.0. The molecule has 2 aromatic rings. The minimum atomic E-state index is -0.123. The maximum atomic E-state index is 11.9. The number of hydrogen-bond acceptors (Lipinski definition) is 3. The first-order chi connectivity index (χ1) is 12.8. The van der Waals surface area contributed by atoms with Crippen LogP contribution in [0.5, 0.6) is 0 Å².